The van der Waals surface area contributed by atoms with Crippen LogP contribution in [0.4, 0.5) is 0 Å². The van der Waals surface area contributed by atoms with Gasteiger partial charge in [0.05, 0.1) is 5.52 Å². The number of aryl methyl sites for hydroxylation is 1. The van der Waals surface area contributed by atoms with Crippen LogP contribution in [0.2, 0.25) is 0 Å². The molecule has 2 bridgehead atoms. The maximum Gasteiger partial charge on any atom is 0.276 e. The Morgan fingerprint density at radius 2 is 1.92 bits per heavy atom. The van der Waals surface area contributed by atoms with Crippen molar-refractivity contribution >= 4 is 16.8 Å². The van der Waals surface area contributed by atoms with E-state index in [-0.39, 0.29) is 23.1 Å². The molecule has 2 aliphatic rings. The lowest BCUT2D eigenvalue weighted by Crippen LogP contribution is -2.49. The molecule has 2 aromatic rings. The van der Waals surface area contributed by atoms with Gasteiger partial charge in [-0.3, -0.25) is 14.3 Å². The fraction of sp³-hybridized carbons (Fsp3) is 0.550. The molecular weight excluding hydrogens is 328 g/mol. The van der Waals surface area contributed by atoms with Crippen LogP contribution in [-0.2, 0) is 6.54 Å². The first-order valence-corrected chi connectivity index (χ1v) is 9.61. The van der Waals surface area contributed by atoms with Gasteiger partial charge in [-0.25, -0.2) is 0 Å². The molecule has 26 heavy (non-hydrogen) atoms. The molecule has 0 aliphatic carbocycles. The number of aromatic nitrogens is 2. The normalized spacial score (nSPS) is 25.5. The van der Waals surface area contributed by atoms with Crippen LogP contribution in [0.5, 0.6) is 0 Å². The Morgan fingerprint density at radius 1 is 1.23 bits per heavy atom. The molecule has 4 rings (SSSR count). The van der Waals surface area contributed by atoms with E-state index in [0.717, 1.165) is 24.8 Å². The molecule has 2 aliphatic heterocycles. The molecule has 0 spiro atoms. The van der Waals surface area contributed by atoms with Gasteiger partial charge in [0.15, 0.2) is 5.69 Å². The second kappa shape index (κ2) is 6.83. The van der Waals surface area contributed by atoms with Crippen LogP contribution in [-0.4, -0.2) is 45.8 Å². The van der Waals surface area contributed by atoms with Crippen molar-refractivity contribution in [3.63, 3.8) is 0 Å². The summed E-state index contributed by atoms with van der Waals surface area (Å²) in [6.07, 6.45) is 5.19. The molecule has 6 heteroatoms. The Hall–Kier alpha value is -2.21. The second-order valence-corrected chi connectivity index (χ2v) is 7.61. The van der Waals surface area contributed by atoms with Crippen molar-refractivity contribution in [2.75, 3.05) is 7.05 Å². The Labute approximate surface area is 153 Å². The van der Waals surface area contributed by atoms with Gasteiger partial charge < -0.3 is 10.2 Å². The van der Waals surface area contributed by atoms with Gasteiger partial charge in [-0.15, -0.1) is 0 Å². The van der Waals surface area contributed by atoms with E-state index in [1.54, 1.807) is 10.7 Å². The topological polar surface area (TPSA) is 67.2 Å². The number of carbonyl (C=O) groups excluding carboxylic acids is 1. The van der Waals surface area contributed by atoms with Crippen LogP contribution in [0.25, 0.3) is 10.9 Å². The first kappa shape index (κ1) is 17.2. The van der Waals surface area contributed by atoms with Gasteiger partial charge >= 0.3 is 0 Å². The first-order valence-electron chi connectivity index (χ1n) is 9.61. The summed E-state index contributed by atoms with van der Waals surface area (Å²) in [5, 5.41) is 8.06. The Kier molecular flexibility index (Phi) is 4.53. The molecule has 1 N–H and O–H groups in total. The number of hydrogen-bond donors (Lipinski definition) is 1. The summed E-state index contributed by atoms with van der Waals surface area (Å²) in [5.74, 6) is -0.334. The van der Waals surface area contributed by atoms with Crippen molar-refractivity contribution in [1.82, 2.24) is 20.0 Å². The van der Waals surface area contributed by atoms with Gasteiger partial charge in [0.2, 0.25) is 5.43 Å². The number of nitrogens with zero attached hydrogens (tertiary/aromatic N) is 3. The van der Waals surface area contributed by atoms with Crippen molar-refractivity contribution in [1.29, 1.82) is 0 Å². The molecule has 3 heterocycles. The smallest absolute Gasteiger partial charge is 0.276 e. The van der Waals surface area contributed by atoms with Gasteiger partial charge in [0, 0.05) is 30.1 Å². The van der Waals surface area contributed by atoms with E-state index >= 15 is 0 Å². The Morgan fingerprint density at radius 3 is 2.62 bits per heavy atom. The summed E-state index contributed by atoms with van der Waals surface area (Å²) in [6.45, 7) is 2.74. The van der Waals surface area contributed by atoms with Gasteiger partial charge in [0.1, 0.15) is 0 Å². The molecule has 2 atom stereocenters. The predicted octanol–water partition coefficient (Wildman–Crippen LogP) is 2.16. The fourth-order valence-corrected chi connectivity index (χ4v) is 4.55. The number of rotatable bonds is 4. The van der Waals surface area contributed by atoms with E-state index in [9.17, 15) is 9.59 Å². The number of hydrogen-bond acceptors (Lipinski definition) is 4. The maximum atomic E-state index is 12.8. The Balaban J connectivity index is 1.63. The number of piperidine rings is 1. The zero-order valence-electron chi connectivity index (χ0n) is 15.4. The predicted molar refractivity (Wildman–Crippen MR) is 101 cm³/mol. The van der Waals surface area contributed by atoms with Gasteiger partial charge in [-0.05, 0) is 51.3 Å². The van der Waals surface area contributed by atoms with E-state index in [2.05, 4.69) is 29.3 Å². The van der Waals surface area contributed by atoms with Crippen LogP contribution >= 0.6 is 0 Å². The zero-order valence-corrected chi connectivity index (χ0v) is 15.4. The quantitative estimate of drug-likeness (QED) is 0.914. The lowest BCUT2D eigenvalue weighted by Gasteiger charge is -2.36. The highest BCUT2D eigenvalue weighted by molar-refractivity contribution is 5.95. The van der Waals surface area contributed by atoms with Crippen molar-refractivity contribution < 1.29 is 4.79 Å². The second-order valence-electron chi connectivity index (χ2n) is 7.61. The molecule has 0 saturated carbocycles. The number of nitrogens with one attached hydrogen (secondary N) is 1. The molecule has 0 radical (unpaired) electrons. The summed E-state index contributed by atoms with van der Waals surface area (Å²) in [5.41, 5.74) is 0.526. The minimum absolute atomic E-state index is 0.0171. The summed E-state index contributed by atoms with van der Waals surface area (Å²) in [7, 11) is 2.18. The van der Waals surface area contributed by atoms with Crippen molar-refractivity contribution in [3.05, 3.63) is 40.2 Å². The van der Waals surface area contributed by atoms with E-state index in [0.29, 0.717) is 24.0 Å². The molecule has 6 nitrogen and oxygen atoms in total. The lowest BCUT2D eigenvalue weighted by atomic mass is 9.98. The molecule has 2 fully saturated rings. The van der Waals surface area contributed by atoms with Gasteiger partial charge in [0.25, 0.3) is 5.91 Å². The molecule has 138 valence electrons. The molecule has 1 aromatic heterocycles. The average molecular weight is 354 g/mol. The molecule has 1 amide bonds. The minimum Gasteiger partial charge on any atom is -0.348 e. The number of benzene rings is 1. The van der Waals surface area contributed by atoms with Crippen LogP contribution in [0, 0.1) is 0 Å². The molecular formula is C20H26N4O2. The highest BCUT2D eigenvalue weighted by atomic mass is 16.2. The van der Waals surface area contributed by atoms with Crippen molar-refractivity contribution in [3.8, 4) is 0 Å². The number of amides is 1. The van der Waals surface area contributed by atoms with E-state index in [4.69, 9.17) is 0 Å². The summed E-state index contributed by atoms with van der Waals surface area (Å²) < 4.78 is 1.78. The fourth-order valence-electron chi connectivity index (χ4n) is 4.55. The molecule has 1 aromatic carbocycles. The SMILES string of the molecule is CCCn1nc(C(=O)NC2CC3CCC(C2)N3C)c(=O)c2ccccc21. The van der Waals surface area contributed by atoms with Gasteiger partial charge in [-0.1, -0.05) is 19.1 Å². The van der Waals surface area contributed by atoms with Crippen molar-refractivity contribution in [2.24, 2.45) is 0 Å². The van der Waals surface area contributed by atoms with E-state index in [1.807, 2.05) is 18.2 Å². The number of fused-ring (bicyclic) bond motifs is 3. The maximum absolute atomic E-state index is 12.8. The van der Waals surface area contributed by atoms with Crippen LogP contribution in [0.15, 0.2) is 29.1 Å². The summed E-state index contributed by atoms with van der Waals surface area (Å²) in [4.78, 5) is 28.1. The first-order chi connectivity index (χ1) is 12.6. The standard InChI is InChI=1S/C20H26N4O2/c1-3-10-24-17-7-5-4-6-16(17)19(25)18(22-24)20(26)21-13-11-14-8-9-15(12-13)23(14)2/h4-7,13-15H,3,8-12H2,1-2H3,(H,21,26). The summed E-state index contributed by atoms with van der Waals surface area (Å²) in [6, 6.07) is 8.60. The third kappa shape index (κ3) is 2.92. The van der Waals surface area contributed by atoms with E-state index < -0.39 is 0 Å². The monoisotopic (exact) mass is 354 g/mol. The minimum atomic E-state index is -0.334. The number of carbonyl (C=O) groups is 1. The lowest BCUT2D eigenvalue weighted by molar-refractivity contribution is 0.0874. The summed E-state index contributed by atoms with van der Waals surface area (Å²) >= 11 is 0. The molecule has 2 saturated heterocycles. The van der Waals surface area contributed by atoms with Crippen LogP contribution in [0.3, 0.4) is 0 Å². The highest BCUT2D eigenvalue weighted by Crippen LogP contribution is 2.34. The zero-order chi connectivity index (χ0) is 18.3. The highest BCUT2D eigenvalue weighted by Gasteiger charge is 2.39. The molecule has 2 unspecified atom stereocenters. The largest absolute Gasteiger partial charge is 0.348 e. The Bertz CT molecular complexity index is 877. The van der Waals surface area contributed by atoms with Crippen molar-refractivity contribution in [2.45, 2.75) is 63.7 Å². The average Bonchev–Trinajstić information content (AvgIpc) is 2.85. The van der Waals surface area contributed by atoms with Crippen LogP contribution in [0.1, 0.15) is 49.5 Å². The van der Waals surface area contributed by atoms with Gasteiger partial charge in [-0.2, -0.15) is 5.10 Å². The third-order valence-electron chi connectivity index (χ3n) is 5.95. The van der Waals surface area contributed by atoms with E-state index in [1.165, 1.54) is 12.8 Å². The number of para-hydroxylation sites is 1. The third-order valence-corrected chi connectivity index (χ3v) is 5.95. The van der Waals surface area contributed by atoms with Crippen LogP contribution < -0.4 is 10.7 Å².